The topological polar surface area (TPSA) is 12.5 Å². The molecule has 2 aliphatic heterocycles. The SMILES string of the molecule is CC(C)C1CCN(C2(C)COC2)CC1F. The highest BCUT2D eigenvalue weighted by Gasteiger charge is 2.43. The molecule has 2 heterocycles. The van der Waals surface area contributed by atoms with Gasteiger partial charge in [0, 0.05) is 6.54 Å². The second-order valence-electron chi connectivity index (χ2n) is 5.65. The van der Waals surface area contributed by atoms with Crippen molar-refractivity contribution in [3.8, 4) is 0 Å². The minimum atomic E-state index is -0.656. The molecule has 3 heteroatoms. The molecule has 2 rings (SSSR count). The Morgan fingerprint density at radius 1 is 1.40 bits per heavy atom. The molecule has 0 aromatic heterocycles. The maximum absolute atomic E-state index is 14.0. The van der Waals surface area contributed by atoms with E-state index in [-0.39, 0.29) is 11.5 Å². The average Bonchev–Trinajstić information content (AvgIpc) is 2.13. The highest BCUT2D eigenvalue weighted by atomic mass is 19.1. The number of piperidine rings is 1. The molecule has 0 amide bonds. The zero-order chi connectivity index (χ0) is 11.1. The lowest BCUT2D eigenvalue weighted by atomic mass is 9.83. The Morgan fingerprint density at radius 3 is 2.47 bits per heavy atom. The minimum absolute atomic E-state index is 0.117. The Kier molecular flexibility index (Phi) is 3.04. The molecular formula is C12H22FNO. The van der Waals surface area contributed by atoms with E-state index in [2.05, 4.69) is 25.7 Å². The molecular weight excluding hydrogens is 193 g/mol. The van der Waals surface area contributed by atoms with Crippen molar-refractivity contribution in [1.82, 2.24) is 4.90 Å². The molecule has 2 unspecified atom stereocenters. The second-order valence-corrected chi connectivity index (χ2v) is 5.65. The van der Waals surface area contributed by atoms with Gasteiger partial charge in [-0.1, -0.05) is 13.8 Å². The summed E-state index contributed by atoms with van der Waals surface area (Å²) in [6.07, 6.45) is 0.338. The number of nitrogens with zero attached hydrogens (tertiary/aromatic N) is 1. The molecule has 0 radical (unpaired) electrons. The zero-order valence-electron chi connectivity index (χ0n) is 10.0. The molecule has 2 aliphatic rings. The van der Waals surface area contributed by atoms with E-state index in [0.29, 0.717) is 12.5 Å². The summed E-state index contributed by atoms with van der Waals surface area (Å²) in [5.74, 6) is 0.721. The summed E-state index contributed by atoms with van der Waals surface area (Å²) >= 11 is 0. The first-order valence-electron chi connectivity index (χ1n) is 6.00. The molecule has 2 atom stereocenters. The van der Waals surface area contributed by atoms with Crippen molar-refractivity contribution < 1.29 is 9.13 Å². The summed E-state index contributed by atoms with van der Waals surface area (Å²) in [7, 11) is 0. The van der Waals surface area contributed by atoms with Crippen molar-refractivity contribution in [3.05, 3.63) is 0 Å². The normalized spacial score (nSPS) is 36.6. The maximum atomic E-state index is 14.0. The fraction of sp³-hybridized carbons (Fsp3) is 1.00. The van der Waals surface area contributed by atoms with Gasteiger partial charge in [-0.2, -0.15) is 0 Å². The standard InChI is InChI=1S/C12H22FNO/c1-9(2)10-4-5-14(6-11(10)13)12(3)7-15-8-12/h9-11H,4-8H2,1-3H3. The molecule has 0 spiro atoms. The lowest BCUT2D eigenvalue weighted by Crippen LogP contribution is -2.63. The van der Waals surface area contributed by atoms with Crippen molar-refractivity contribution in [3.63, 3.8) is 0 Å². The van der Waals surface area contributed by atoms with Crippen LogP contribution in [0, 0.1) is 11.8 Å². The largest absolute Gasteiger partial charge is 0.377 e. The highest BCUT2D eigenvalue weighted by Crippen LogP contribution is 2.33. The van der Waals surface area contributed by atoms with Crippen LogP contribution in [0.2, 0.25) is 0 Å². The van der Waals surface area contributed by atoms with Gasteiger partial charge in [0.05, 0.1) is 18.8 Å². The molecule has 0 aromatic rings. The number of alkyl halides is 1. The summed E-state index contributed by atoms with van der Waals surface area (Å²) in [6.45, 7) is 9.60. The highest BCUT2D eigenvalue weighted by molar-refractivity contribution is 4.96. The quantitative estimate of drug-likeness (QED) is 0.699. The van der Waals surface area contributed by atoms with Crippen molar-refractivity contribution in [2.45, 2.75) is 38.9 Å². The number of halogens is 1. The fourth-order valence-corrected chi connectivity index (χ4v) is 2.74. The van der Waals surface area contributed by atoms with Gasteiger partial charge in [0.1, 0.15) is 6.17 Å². The third-order valence-corrected chi connectivity index (χ3v) is 4.04. The van der Waals surface area contributed by atoms with Gasteiger partial charge in [0.2, 0.25) is 0 Å². The molecule has 0 saturated carbocycles. The van der Waals surface area contributed by atoms with Crippen molar-refractivity contribution in [1.29, 1.82) is 0 Å². The van der Waals surface area contributed by atoms with Gasteiger partial charge in [-0.3, -0.25) is 4.90 Å². The molecule has 0 bridgehead atoms. The number of rotatable bonds is 2. The van der Waals surface area contributed by atoms with Gasteiger partial charge < -0.3 is 4.74 Å². The smallest absolute Gasteiger partial charge is 0.116 e. The lowest BCUT2D eigenvalue weighted by Gasteiger charge is -2.51. The van der Waals surface area contributed by atoms with Crippen molar-refractivity contribution >= 4 is 0 Å². The predicted molar refractivity (Wildman–Crippen MR) is 58.6 cm³/mol. The van der Waals surface area contributed by atoms with E-state index in [4.69, 9.17) is 4.74 Å². The summed E-state index contributed by atoms with van der Waals surface area (Å²) in [4.78, 5) is 2.28. The first-order valence-corrected chi connectivity index (χ1v) is 6.00. The summed E-state index contributed by atoms with van der Waals surface area (Å²) < 4.78 is 19.2. The maximum Gasteiger partial charge on any atom is 0.116 e. The third kappa shape index (κ3) is 2.04. The van der Waals surface area contributed by atoms with Crippen molar-refractivity contribution in [2.75, 3.05) is 26.3 Å². The van der Waals surface area contributed by atoms with Crippen LogP contribution in [0.5, 0.6) is 0 Å². The van der Waals surface area contributed by atoms with Crippen LogP contribution in [0.4, 0.5) is 4.39 Å². The van der Waals surface area contributed by atoms with Crippen LogP contribution in [0.3, 0.4) is 0 Å². The van der Waals surface area contributed by atoms with Crippen LogP contribution in [-0.4, -0.2) is 42.9 Å². The van der Waals surface area contributed by atoms with Gasteiger partial charge in [-0.05, 0) is 31.7 Å². The molecule has 0 N–H and O–H groups in total. The molecule has 2 saturated heterocycles. The van der Waals surface area contributed by atoms with E-state index in [1.807, 2.05) is 0 Å². The van der Waals surface area contributed by atoms with Gasteiger partial charge in [0.25, 0.3) is 0 Å². The summed E-state index contributed by atoms with van der Waals surface area (Å²) in [5.41, 5.74) is 0.117. The van der Waals surface area contributed by atoms with Crippen molar-refractivity contribution in [2.24, 2.45) is 11.8 Å². The van der Waals surface area contributed by atoms with E-state index in [0.717, 1.165) is 26.2 Å². The van der Waals surface area contributed by atoms with Gasteiger partial charge in [0.15, 0.2) is 0 Å². The number of hydrogen-bond donors (Lipinski definition) is 0. The van der Waals surface area contributed by atoms with E-state index < -0.39 is 6.17 Å². The van der Waals surface area contributed by atoms with Gasteiger partial charge in [-0.15, -0.1) is 0 Å². The molecule has 15 heavy (non-hydrogen) atoms. The van der Waals surface area contributed by atoms with Crippen LogP contribution in [0.1, 0.15) is 27.2 Å². The monoisotopic (exact) mass is 215 g/mol. The Balaban J connectivity index is 1.93. The Hall–Kier alpha value is -0.150. The average molecular weight is 215 g/mol. The second kappa shape index (κ2) is 4.02. The molecule has 88 valence electrons. The first-order chi connectivity index (χ1) is 7.03. The molecule has 0 aliphatic carbocycles. The Morgan fingerprint density at radius 2 is 2.07 bits per heavy atom. The van der Waals surface area contributed by atoms with Crippen LogP contribution >= 0.6 is 0 Å². The number of likely N-dealkylation sites (tertiary alicyclic amines) is 1. The molecule has 2 nitrogen and oxygen atoms in total. The van der Waals surface area contributed by atoms with Crippen LogP contribution in [0.15, 0.2) is 0 Å². The van der Waals surface area contributed by atoms with E-state index >= 15 is 0 Å². The van der Waals surface area contributed by atoms with E-state index in [1.165, 1.54) is 0 Å². The fourth-order valence-electron chi connectivity index (χ4n) is 2.74. The number of ether oxygens (including phenoxy) is 1. The lowest BCUT2D eigenvalue weighted by molar-refractivity contribution is -0.148. The third-order valence-electron chi connectivity index (χ3n) is 4.04. The van der Waals surface area contributed by atoms with E-state index in [9.17, 15) is 4.39 Å². The van der Waals surface area contributed by atoms with Crippen LogP contribution in [0.25, 0.3) is 0 Å². The van der Waals surface area contributed by atoms with Crippen LogP contribution in [-0.2, 0) is 4.74 Å². The predicted octanol–water partition coefficient (Wildman–Crippen LogP) is 2.09. The first kappa shape index (κ1) is 11.3. The van der Waals surface area contributed by atoms with Gasteiger partial charge >= 0.3 is 0 Å². The number of hydrogen-bond acceptors (Lipinski definition) is 2. The molecule has 2 fully saturated rings. The van der Waals surface area contributed by atoms with Gasteiger partial charge in [-0.25, -0.2) is 4.39 Å². The molecule has 0 aromatic carbocycles. The van der Waals surface area contributed by atoms with Crippen LogP contribution < -0.4 is 0 Å². The summed E-state index contributed by atoms with van der Waals surface area (Å²) in [6, 6.07) is 0. The minimum Gasteiger partial charge on any atom is -0.377 e. The summed E-state index contributed by atoms with van der Waals surface area (Å²) in [5, 5.41) is 0. The Bertz CT molecular complexity index is 228. The Labute approximate surface area is 91.8 Å². The zero-order valence-corrected chi connectivity index (χ0v) is 10.0. The van der Waals surface area contributed by atoms with E-state index in [1.54, 1.807) is 0 Å².